The predicted molar refractivity (Wildman–Crippen MR) is 76.1 cm³/mol. The minimum Gasteiger partial charge on any atom is -0.392 e. The van der Waals surface area contributed by atoms with Crippen LogP contribution < -0.4 is 0 Å². The van der Waals surface area contributed by atoms with Crippen LogP contribution in [0.2, 0.25) is 0 Å². The molecule has 0 saturated heterocycles. The topological polar surface area (TPSA) is 79.2 Å². The van der Waals surface area contributed by atoms with Crippen LogP contribution in [0.4, 0.5) is 0 Å². The standard InChI is InChI=1S/C15H16N2O4/c1-2-13(18)7-14(19)8-15(20)21-17-10-12-6-4-3-5-11(12)9-16-17/h2-6,9,14,19H,1,7-8,10H2. The summed E-state index contributed by atoms with van der Waals surface area (Å²) in [7, 11) is 0. The van der Waals surface area contributed by atoms with Gasteiger partial charge in [0.1, 0.15) is 6.54 Å². The molecule has 0 bridgehead atoms. The fraction of sp³-hybridized carbons (Fsp3) is 0.267. The molecular weight excluding hydrogens is 272 g/mol. The first kappa shape index (κ1) is 14.9. The summed E-state index contributed by atoms with van der Waals surface area (Å²) in [5.41, 5.74) is 1.96. The van der Waals surface area contributed by atoms with Crippen molar-refractivity contribution < 1.29 is 19.5 Å². The lowest BCUT2D eigenvalue weighted by molar-refractivity contribution is -0.196. The maximum Gasteiger partial charge on any atom is 0.337 e. The zero-order valence-corrected chi connectivity index (χ0v) is 11.4. The van der Waals surface area contributed by atoms with Gasteiger partial charge in [-0.05, 0) is 17.2 Å². The van der Waals surface area contributed by atoms with Gasteiger partial charge in [-0.1, -0.05) is 30.8 Å². The number of carbonyl (C=O) groups is 2. The summed E-state index contributed by atoms with van der Waals surface area (Å²) in [5, 5.41) is 14.7. The second-order valence-corrected chi connectivity index (χ2v) is 4.65. The van der Waals surface area contributed by atoms with Gasteiger partial charge in [-0.2, -0.15) is 0 Å². The number of aliphatic hydroxyl groups excluding tert-OH is 1. The molecule has 21 heavy (non-hydrogen) atoms. The summed E-state index contributed by atoms with van der Waals surface area (Å²) < 4.78 is 0. The lowest BCUT2D eigenvalue weighted by Crippen LogP contribution is -2.28. The number of benzene rings is 1. The van der Waals surface area contributed by atoms with Gasteiger partial charge in [-0.15, -0.1) is 10.3 Å². The first-order valence-electron chi connectivity index (χ1n) is 6.52. The zero-order valence-electron chi connectivity index (χ0n) is 11.4. The van der Waals surface area contributed by atoms with E-state index in [1.165, 1.54) is 0 Å². The third-order valence-corrected chi connectivity index (χ3v) is 2.96. The third kappa shape index (κ3) is 4.25. The molecule has 1 aromatic carbocycles. The smallest absolute Gasteiger partial charge is 0.337 e. The number of ketones is 1. The maximum absolute atomic E-state index is 11.7. The van der Waals surface area contributed by atoms with E-state index in [0.717, 1.165) is 22.4 Å². The summed E-state index contributed by atoms with van der Waals surface area (Å²) in [6.07, 6.45) is 1.21. The molecule has 0 saturated carbocycles. The largest absolute Gasteiger partial charge is 0.392 e. The van der Waals surface area contributed by atoms with Crippen LogP contribution in [0.5, 0.6) is 0 Å². The Morgan fingerprint density at radius 3 is 2.95 bits per heavy atom. The Hall–Kier alpha value is -2.47. The van der Waals surface area contributed by atoms with Crippen LogP contribution in [0.15, 0.2) is 42.0 Å². The van der Waals surface area contributed by atoms with Gasteiger partial charge < -0.3 is 9.94 Å². The SMILES string of the molecule is C=CC(=O)CC(O)CC(=O)ON1Cc2ccccc2C=N1. The van der Waals surface area contributed by atoms with Crippen molar-refractivity contribution in [3.63, 3.8) is 0 Å². The molecular formula is C15H16N2O4. The van der Waals surface area contributed by atoms with E-state index in [0.29, 0.717) is 6.54 Å². The Morgan fingerprint density at radius 2 is 2.19 bits per heavy atom. The Bertz CT molecular complexity index is 583. The molecule has 0 radical (unpaired) electrons. The summed E-state index contributed by atoms with van der Waals surface area (Å²) in [5.74, 6) is -0.962. The molecule has 1 unspecified atom stereocenters. The van der Waals surface area contributed by atoms with Crippen molar-refractivity contribution in [1.82, 2.24) is 5.17 Å². The van der Waals surface area contributed by atoms with Gasteiger partial charge in [0, 0.05) is 6.42 Å². The number of aliphatic hydroxyl groups is 1. The van der Waals surface area contributed by atoms with Gasteiger partial charge in [0.15, 0.2) is 5.78 Å². The number of nitrogens with zero attached hydrogens (tertiary/aromatic N) is 2. The summed E-state index contributed by atoms with van der Waals surface area (Å²) in [4.78, 5) is 27.8. The molecule has 6 heteroatoms. The summed E-state index contributed by atoms with van der Waals surface area (Å²) >= 11 is 0. The normalized spacial score (nSPS) is 14.2. The van der Waals surface area contributed by atoms with Gasteiger partial charge in [-0.3, -0.25) is 4.79 Å². The monoisotopic (exact) mass is 288 g/mol. The van der Waals surface area contributed by atoms with Crippen molar-refractivity contribution in [3.05, 3.63) is 48.0 Å². The highest BCUT2D eigenvalue weighted by atomic mass is 16.7. The van der Waals surface area contributed by atoms with Gasteiger partial charge in [0.25, 0.3) is 0 Å². The van der Waals surface area contributed by atoms with Crippen LogP contribution >= 0.6 is 0 Å². The summed E-state index contributed by atoms with van der Waals surface area (Å²) in [6.45, 7) is 3.65. The van der Waals surface area contributed by atoms with Crippen molar-refractivity contribution in [2.75, 3.05) is 0 Å². The molecule has 110 valence electrons. The van der Waals surface area contributed by atoms with E-state index in [1.54, 1.807) is 6.21 Å². The molecule has 1 heterocycles. The number of hydrogen-bond donors (Lipinski definition) is 1. The Balaban J connectivity index is 1.85. The van der Waals surface area contributed by atoms with Gasteiger partial charge in [0.05, 0.1) is 18.7 Å². The van der Waals surface area contributed by atoms with E-state index >= 15 is 0 Å². The van der Waals surface area contributed by atoms with Crippen molar-refractivity contribution in [3.8, 4) is 0 Å². The van der Waals surface area contributed by atoms with E-state index in [-0.39, 0.29) is 18.6 Å². The lowest BCUT2D eigenvalue weighted by Gasteiger charge is -2.22. The zero-order chi connectivity index (χ0) is 15.2. The molecule has 2 rings (SSSR count). The number of carbonyl (C=O) groups excluding carboxylic acids is 2. The fourth-order valence-electron chi connectivity index (χ4n) is 1.91. The van der Waals surface area contributed by atoms with Crippen LogP contribution in [0.3, 0.4) is 0 Å². The van der Waals surface area contributed by atoms with Crippen LogP contribution in [0, 0.1) is 0 Å². The van der Waals surface area contributed by atoms with Crippen LogP contribution in [-0.2, 0) is 21.0 Å². The summed E-state index contributed by atoms with van der Waals surface area (Å²) in [6, 6.07) is 7.63. The molecule has 1 N–H and O–H groups in total. The highest BCUT2D eigenvalue weighted by Gasteiger charge is 2.19. The highest BCUT2D eigenvalue weighted by Crippen LogP contribution is 2.16. The predicted octanol–water partition coefficient (Wildman–Crippen LogP) is 1.19. The highest BCUT2D eigenvalue weighted by molar-refractivity contribution is 5.89. The van der Waals surface area contributed by atoms with Crippen LogP contribution in [-0.4, -0.2) is 34.3 Å². The Morgan fingerprint density at radius 1 is 1.43 bits per heavy atom. The molecule has 6 nitrogen and oxygen atoms in total. The molecule has 0 aromatic heterocycles. The molecule has 1 aliphatic rings. The van der Waals surface area contributed by atoms with Gasteiger partial charge in [0.2, 0.25) is 0 Å². The molecule has 1 aliphatic heterocycles. The second-order valence-electron chi connectivity index (χ2n) is 4.65. The number of hydroxylamine groups is 1. The van der Waals surface area contributed by atoms with E-state index in [2.05, 4.69) is 11.7 Å². The number of fused-ring (bicyclic) bond motifs is 1. The second kappa shape index (κ2) is 6.81. The minimum absolute atomic E-state index is 0.148. The molecule has 1 aromatic rings. The van der Waals surface area contributed by atoms with Crippen LogP contribution in [0.25, 0.3) is 0 Å². The van der Waals surface area contributed by atoms with E-state index in [4.69, 9.17) is 4.84 Å². The minimum atomic E-state index is -1.08. The van der Waals surface area contributed by atoms with Crippen molar-refractivity contribution in [2.24, 2.45) is 5.10 Å². The van der Waals surface area contributed by atoms with Crippen LogP contribution in [0.1, 0.15) is 24.0 Å². The van der Waals surface area contributed by atoms with Gasteiger partial charge >= 0.3 is 5.97 Å². The number of allylic oxidation sites excluding steroid dienone is 1. The fourth-order valence-corrected chi connectivity index (χ4v) is 1.91. The molecule has 0 fully saturated rings. The number of hydrogen-bond acceptors (Lipinski definition) is 6. The average molecular weight is 288 g/mol. The molecule has 0 amide bonds. The van der Waals surface area contributed by atoms with E-state index in [1.807, 2.05) is 24.3 Å². The molecule has 0 aliphatic carbocycles. The van der Waals surface area contributed by atoms with E-state index < -0.39 is 12.1 Å². The Labute approximate surface area is 122 Å². The van der Waals surface area contributed by atoms with Gasteiger partial charge in [-0.25, -0.2) is 4.79 Å². The van der Waals surface area contributed by atoms with Crippen molar-refractivity contribution in [1.29, 1.82) is 0 Å². The third-order valence-electron chi connectivity index (χ3n) is 2.96. The quantitative estimate of drug-likeness (QED) is 0.795. The van der Waals surface area contributed by atoms with E-state index in [9.17, 15) is 14.7 Å². The number of rotatable bonds is 6. The van der Waals surface area contributed by atoms with Crippen molar-refractivity contribution in [2.45, 2.75) is 25.5 Å². The first-order chi connectivity index (χ1) is 10.1. The first-order valence-corrected chi connectivity index (χ1v) is 6.52. The average Bonchev–Trinajstić information content (AvgIpc) is 2.46. The number of hydrazone groups is 1. The Kier molecular flexibility index (Phi) is 4.84. The van der Waals surface area contributed by atoms with Crippen molar-refractivity contribution >= 4 is 18.0 Å². The molecule has 1 atom stereocenters. The maximum atomic E-state index is 11.7. The lowest BCUT2D eigenvalue weighted by atomic mass is 10.1. The molecule has 0 spiro atoms.